The number of halogens is 1. The summed E-state index contributed by atoms with van der Waals surface area (Å²) >= 11 is 3.43. The highest BCUT2D eigenvalue weighted by molar-refractivity contribution is 9.10. The van der Waals surface area contributed by atoms with Gasteiger partial charge in [0.05, 0.1) is 17.6 Å². The molecule has 2 aromatic heterocycles. The number of fused-ring (bicyclic) bond motifs is 2. The van der Waals surface area contributed by atoms with Crippen LogP contribution in [0.25, 0.3) is 22.2 Å². The number of nitrogens with one attached hydrogen (secondary N) is 1. The Kier molecular flexibility index (Phi) is 8.32. The first-order valence-corrected chi connectivity index (χ1v) is 13.9. The SMILES string of the molecule is CCCCCOC(=O)c1c(NC(=O)c2cccc(Br)c2)n(CCc2ccccc2)c2nc3ccccc3nc12. The van der Waals surface area contributed by atoms with E-state index in [-0.39, 0.29) is 11.5 Å². The van der Waals surface area contributed by atoms with E-state index in [1.807, 2.05) is 53.1 Å². The number of rotatable bonds is 10. The molecule has 1 N–H and O–H groups in total. The van der Waals surface area contributed by atoms with E-state index >= 15 is 0 Å². The number of amides is 1. The molecule has 0 aliphatic rings. The standard InChI is InChI=1S/C31H29BrN4O3/c1-2-3-9-19-39-31(38)26-27-29(34-25-16-8-7-15-24(25)33-27)36(18-17-21-11-5-4-6-12-21)28(26)35-30(37)22-13-10-14-23(32)20-22/h4-8,10-16,20H,2-3,9,17-19H2,1H3,(H,35,37). The lowest BCUT2D eigenvalue weighted by Crippen LogP contribution is -2.19. The van der Waals surface area contributed by atoms with E-state index in [0.29, 0.717) is 53.2 Å². The number of anilines is 1. The minimum absolute atomic E-state index is 0.219. The number of nitrogens with zero attached hydrogens (tertiary/aromatic N) is 3. The normalized spacial score (nSPS) is 11.1. The molecule has 198 valence electrons. The van der Waals surface area contributed by atoms with Crippen LogP contribution in [0.1, 0.15) is 52.5 Å². The molecule has 0 saturated carbocycles. The van der Waals surface area contributed by atoms with Gasteiger partial charge in [-0.2, -0.15) is 0 Å². The minimum atomic E-state index is -0.524. The fraction of sp³-hybridized carbons (Fsp3) is 0.226. The van der Waals surface area contributed by atoms with E-state index in [2.05, 4.69) is 40.3 Å². The van der Waals surface area contributed by atoms with Crippen molar-refractivity contribution in [3.63, 3.8) is 0 Å². The summed E-state index contributed by atoms with van der Waals surface area (Å²) in [6, 6.07) is 24.7. The van der Waals surface area contributed by atoms with Gasteiger partial charge in [0.25, 0.3) is 5.91 Å². The number of carbonyl (C=O) groups excluding carboxylic acids is 2. The summed E-state index contributed by atoms with van der Waals surface area (Å²) in [5.74, 6) is -0.532. The summed E-state index contributed by atoms with van der Waals surface area (Å²) in [6.45, 7) is 2.87. The van der Waals surface area contributed by atoms with E-state index in [9.17, 15) is 9.59 Å². The second kappa shape index (κ2) is 12.2. The van der Waals surface area contributed by atoms with Crippen LogP contribution < -0.4 is 5.32 Å². The molecule has 39 heavy (non-hydrogen) atoms. The van der Waals surface area contributed by atoms with Gasteiger partial charge in [-0.3, -0.25) is 4.79 Å². The number of hydrogen-bond acceptors (Lipinski definition) is 5. The molecule has 0 spiro atoms. The van der Waals surface area contributed by atoms with Crippen LogP contribution in [0.2, 0.25) is 0 Å². The molecule has 3 aromatic carbocycles. The topological polar surface area (TPSA) is 86.1 Å². The number of unbranched alkanes of at least 4 members (excludes halogenated alkanes) is 2. The van der Waals surface area contributed by atoms with Crippen molar-refractivity contribution in [2.75, 3.05) is 11.9 Å². The van der Waals surface area contributed by atoms with E-state index in [1.54, 1.807) is 18.2 Å². The molecule has 0 fully saturated rings. The Morgan fingerprint density at radius 3 is 2.41 bits per heavy atom. The molecule has 0 atom stereocenters. The number of para-hydroxylation sites is 2. The summed E-state index contributed by atoms with van der Waals surface area (Å²) in [6.07, 6.45) is 3.41. The van der Waals surface area contributed by atoms with Gasteiger partial charge in [0.15, 0.2) is 5.65 Å². The van der Waals surface area contributed by atoms with Crippen LogP contribution in [-0.4, -0.2) is 33.0 Å². The van der Waals surface area contributed by atoms with Gasteiger partial charge >= 0.3 is 5.97 Å². The average molecular weight is 586 g/mol. The number of benzene rings is 3. The van der Waals surface area contributed by atoms with Gasteiger partial charge in [0.2, 0.25) is 0 Å². The summed E-state index contributed by atoms with van der Waals surface area (Å²) in [5.41, 5.74) is 4.10. The molecule has 1 amide bonds. The van der Waals surface area contributed by atoms with E-state index < -0.39 is 5.97 Å². The van der Waals surface area contributed by atoms with Crippen molar-refractivity contribution >= 4 is 55.8 Å². The van der Waals surface area contributed by atoms with Gasteiger partial charge in [-0.05, 0) is 48.7 Å². The molecule has 5 rings (SSSR count). The molecular formula is C31H29BrN4O3. The van der Waals surface area contributed by atoms with Gasteiger partial charge < -0.3 is 14.6 Å². The third-order valence-electron chi connectivity index (χ3n) is 6.52. The largest absolute Gasteiger partial charge is 0.462 e. The van der Waals surface area contributed by atoms with E-state index in [4.69, 9.17) is 14.7 Å². The number of carbonyl (C=O) groups is 2. The van der Waals surface area contributed by atoms with Crippen molar-refractivity contribution in [2.45, 2.75) is 39.2 Å². The van der Waals surface area contributed by atoms with Gasteiger partial charge in [-0.1, -0.05) is 84.2 Å². The third-order valence-corrected chi connectivity index (χ3v) is 7.02. The summed E-state index contributed by atoms with van der Waals surface area (Å²) < 4.78 is 8.35. The van der Waals surface area contributed by atoms with Crippen LogP contribution >= 0.6 is 15.9 Å². The average Bonchev–Trinajstić information content (AvgIpc) is 3.24. The number of aryl methyl sites for hydroxylation is 2. The quantitative estimate of drug-likeness (QED) is 0.139. The van der Waals surface area contributed by atoms with Crippen molar-refractivity contribution < 1.29 is 14.3 Å². The second-order valence-electron chi connectivity index (χ2n) is 9.30. The molecule has 7 nitrogen and oxygen atoms in total. The van der Waals surface area contributed by atoms with Crippen LogP contribution in [0.4, 0.5) is 5.82 Å². The molecule has 0 aliphatic heterocycles. The van der Waals surface area contributed by atoms with Crippen molar-refractivity contribution in [2.24, 2.45) is 0 Å². The molecule has 0 saturated heterocycles. The maximum atomic E-state index is 13.6. The molecule has 0 bridgehead atoms. The van der Waals surface area contributed by atoms with Crippen LogP contribution in [0.5, 0.6) is 0 Å². The maximum absolute atomic E-state index is 13.6. The summed E-state index contributed by atoms with van der Waals surface area (Å²) in [5, 5.41) is 3.01. The zero-order chi connectivity index (χ0) is 27.2. The van der Waals surface area contributed by atoms with Gasteiger partial charge in [-0.15, -0.1) is 0 Å². The fourth-order valence-corrected chi connectivity index (χ4v) is 4.92. The summed E-state index contributed by atoms with van der Waals surface area (Å²) in [4.78, 5) is 36.7. The number of esters is 1. The van der Waals surface area contributed by atoms with Crippen LogP contribution in [0.3, 0.4) is 0 Å². The third kappa shape index (κ3) is 6.01. The van der Waals surface area contributed by atoms with Crippen molar-refractivity contribution in [1.29, 1.82) is 0 Å². The fourth-order valence-electron chi connectivity index (χ4n) is 4.52. The van der Waals surface area contributed by atoms with E-state index in [0.717, 1.165) is 29.3 Å². The monoisotopic (exact) mass is 584 g/mol. The Hall–Kier alpha value is -4.04. The molecule has 8 heteroatoms. The number of aromatic nitrogens is 3. The van der Waals surface area contributed by atoms with Crippen LogP contribution in [-0.2, 0) is 17.7 Å². The predicted molar refractivity (Wildman–Crippen MR) is 157 cm³/mol. The Balaban J connectivity index is 1.65. The molecule has 2 heterocycles. The van der Waals surface area contributed by atoms with Crippen LogP contribution in [0.15, 0.2) is 83.3 Å². The lowest BCUT2D eigenvalue weighted by Gasteiger charge is -2.13. The second-order valence-corrected chi connectivity index (χ2v) is 10.2. The predicted octanol–water partition coefficient (Wildman–Crippen LogP) is 7.19. The first-order valence-electron chi connectivity index (χ1n) is 13.1. The molecule has 0 aliphatic carbocycles. The highest BCUT2D eigenvalue weighted by atomic mass is 79.9. The Morgan fingerprint density at radius 1 is 0.923 bits per heavy atom. The molecular weight excluding hydrogens is 556 g/mol. The van der Waals surface area contributed by atoms with Gasteiger partial charge in [0.1, 0.15) is 16.9 Å². The number of ether oxygens (including phenoxy) is 1. The lowest BCUT2D eigenvalue weighted by molar-refractivity contribution is 0.0501. The van der Waals surface area contributed by atoms with Crippen molar-refractivity contribution in [1.82, 2.24) is 14.5 Å². The van der Waals surface area contributed by atoms with Crippen LogP contribution in [0, 0.1) is 0 Å². The van der Waals surface area contributed by atoms with Crippen molar-refractivity contribution in [3.8, 4) is 0 Å². The first-order chi connectivity index (χ1) is 19.0. The number of hydrogen-bond donors (Lipinski definition) is 1. The zero-order valence-corrected chi connectivity index (χ0v) is 23.3. The first kappa shape index (κ1) is 26.6. The van der Waals surface area contributed by atoms with Gasteiger partial charge in [0, 0.05) is 16.6 Å². The molecule has 0 radical (unpaired) electrons. The van der Waals surface area contributed by atoms with E-state index in [1.165, 1.54) is 0 Å². The highest BCUT2D eigenvalue weighted by Gasteiger charge is 2.28. The molecule has 5 aromatic rings. The Morgan fingerprint density at radius 2 is 1.67 bits per heavy atom. The maximum Gasteiger partial charge on any atom is 0.344 e. The zero-order valence-electron chi connectivity index (χ0n) is 21.7. The van der Waals surface area contributed by atoms with Gasteiger partial charge in [-0.25, -0.2) is 14.8 Å². The Labute approximate surface area is 235 Å². The molecule has 0 unspecified atom stereocenters. The smallest absolute Gasteiger partial charge is 0.344 e. The Bertz CT molecular complexity index is 1630. The highest BCUT2D eigenvalue weighted by Crippen LogP contribution is 2.32. The minimum Gasteiger partial charge on any atom is -0.462 e. The van der Waals surface area contributed by atoms with Crippen molar-refractivity contribution in [3.05, 3.63) is 100 Å². The lowest BCUT2D eigenvalue weighted by atomic mass is 10.1. The summed E-state index contributed by atoms with van der Waals surface area (Å²) in [7, 11) is 0.